The first-order chi connectivity index (χ1) is 12.1. The van der Waals surface area contributed by atoms with Crippen molar-refractivity contribution in [2.75, 3.05) is 36.8 Å². The summed E-state index contributed by atoms with van der Waals surface area (Å²) in [5, 5.41) is 1.22. The lowest BCUT2D eigenvalue weighted by Gasteiger charge is -2.36. The van der Waals surface area contributed by atoms with E-state index >= 15 is 0 Å². The SMILES string of the molecule is Nc1ccc(Cl)cc1N1CCN(C(=O)c2nc3ccccc3s2)CC1. The van der Waals surface area contributed by atoms with Gasteiger partial charge in [-0.3, -0.25) is 4.79 Å². The quantitative estimate of drug-likeness (QED) is 0.699. The molecule has 2 aromatic carbocycles. The molecule has 1 amide bonds. The molecule has 4 rings (SSSR count). The van der Waals surface area contributed by atoms with Gasteiger partial charge < -0.3 is 15.5 Å². The van der Waals surface area contributed by atoms with Crippen molar-refractivity contribution in [3.8, 4) is 0 Å². The monoisotopic (exact) mass is 372 g/mol. The number of nitrogen functional groups attached to an aromatic ring is 1. The fourth-order valence-corrected chi connectivity index (χ4v) is 4.14. The van der Waals surface area contributed by atoms with Crippen LogP contribution in [0.3, 0.4) is 0 Å². The van der Waals surface area contributed by atoms with Gasteiger partial charge in [-0.25, -0.2) is 4.98 Å². The highest BCUT2D eigenvalue weighted by molar-refractivity contribution is 7.20. The van der Waals surface area contributed by atoms with E-state index in [0.717, 1.165) is 29.0 Å². The van der Waals surface area contributed by atoms with E-state index in [1.165, 1.54) is 11.3 Å². The third kappa shape index (κ3) is 3.15. The van der Waals surface area contributed by atoms with Crippen molar-refractivity contribution in [2.45, 2.75) is 0 Å². The molecule has 1 aliphatic heterocycles. The summed E-state index contributed by atoms with van der Waals surface area (Å²) in [6.45, 7) is 2.73. The minimum absolute atomic E-state index is 0.0000778. The fourth-order valence-electron chi connectivity index (χ4n) is 3.04. The molecule has 1 fully saturated rings. The number of carbonyl (C=O) groups excluding carboxylic acids is 1. The number of benzene rings is 2. The predicted molar refractivity (Wildman–Crippen MR) is 104 cm³/mol. The molecule has 128 valence electrons. The van der Waals surface area contributed by atoms with Crippen LogP contribution in [0.2, 0.25) is 5.02 Å². The fraction of sp³-hybridized carbons (Fsp3) is 0.222. The number of anilines is 2. The highest BCUT2D eigenvalue weighted by Crippen LogP contribution is 2.28. The van der Waals surface area contributed by atoms with E-state index < -0.39 is 0 Å². The lowest BCUT2D eigenvalue weighted by molar-refractivity contribution is 0.0746. The Morgan fingerprint density at radius 3 is 2.64 bits per heavy atom. The van der Waals surface area contributed by atoms with Crippen LogP contribution in [0.1, 0.15) is 9.80 Å². The Kier molecular flexibility index (Phi) is 4.23. The molecule has 0 unspecified atom stereocenters. The number of aromatic nitrogens is 1. The van der Waals surface area contributed by atoms with Gasteiger partial charge in [-0.15, -0.1) is 11.3 Å². The summed E-state index contributed by atoms with van der Waals surface area (Å²) in [5.41, 5.74) is 8.57. The van der Waals surface area contributed by atoms with Gasteiger partial charge in [-0.05, 0) is 30.3 Å². The van der Waals surface area contributed by atoms with E-state index in [9.17, 15) is 4.79 Å². The zero-order chi connectivity index (χ0) is 17.4. The highest BCUT2D eigenvalue weighted by atomic mass is 35.5. The molecule has 1 aliphatic rings. The number of amides is 1. The minimum atomic E-state index is -0.0000778. The summed E-state index contributed by atoms with van der Waals surface area (Å²) in [7, 11) is 0. The van der Waals surface area contributed by atoms with Gasteiger partial charge >= 0.3 is 0 Å². The number of rotatable bonds is 2. The maximum absolute atomic E-state index is 12.7. The number of thiazole rings is 1. The van der Waals surface area contributed by atoms with Crippen LogP contribution in [-0.2, 0) is 0 Å². The maximum atomic E-state index is 12.7. The van der Waals surface area contributed by atoms with E-state index in [-0.39, 0.29) is 5.91 Å². The Balaban J connectivity index is 1.47. The molecule has 0 bridgehead atoms. The van der Waals surface area contributed by atoms with Gasteiger partial charge in [-0.1, -0.05) is 23.7 Å². The van der Waals surface area contributed by atoms with Crippen molar-refractivity contribution < 1.29 is 4.79 Å². The topological polar surface area (TPSA) is 62.5 Å². The van der Waals surface area contributed by atoms with E-state index in [0.29, 0.717) is 28.8 Å². The lowest BCUT2D eigenvalue weighted by Crippen LogP contribution is -2.49. The molecular weight excluding hydrogens is 356 g/mol. The third-order valence-electron chi connectivity index (χ3n) is 4.38. The zero-order valence-electron chi connectivity index (χ0n) is 13.5. The first-order valence-corrected chi connectivity index (χ1v) is 9.26. The minimum Gasteiger partial charge on any atom is -0.397 e. The average molecular weight is 373 g/mol. The van der Waals surface area contributed by atoms with Crippen LogP contribution in [0, 0.1) is 0 Å². The van der Waals surface area contributed by atoms with Gasteiger partial charge in [-0.2, -0.15) is 0 Å². The van der Waals surface area contributed by atoms with Crippen molar-refractivity contribution in [1.29, 1.82) is 0 Å². The summed E-state index contributed by atoms with van der Waals surface area (Å²) >= 11 is 7.53. The highest BCUT2D eigenvalue weighted by Gasteiger charge is 2.25. The number of nitrogens with two attached hydrogens (primary N) is 1. The molecule has 7 heteroatoms. The number of nitrogens with zero attached hydrogens (tertiary/aromatic N) is 3. The summed E-state index contributed by atoms with van der Waals surface area (Å²) in [6, 6.07) is 13.3. The van der Waals surface area contributed by atoms with E-state index in [4.69, 9.17) is 17.3 Å². The van der Waals surface area contributed by atoms with E-state index in [2.05, 4.69) is 9.88 Å². The van der Waals surface area contributed by atoms with E-state index in [1.54, 1.807) is 6.07 Å². The Labute approximate surface area is 154 Å². The van der Waals surface area contributed by atoms with Crippen molar-refractivity contribution in [3.05, 3.63) is 52.5 Å². The van der Waals surface area contributed by atoms with Crippen LogP contribution in [0.5, 0.6) is 0 Å². The smallest absolute Gasteiger partial charge is 0.282 e. The van der Waals surface area contributed by atoms with Crippen molar-refractivity contribution in [2.24, 2.45) is 0 Å². The van der Waals surface area contributed by atoms with Gasteiger partial charge in [0.1, 0.15) is 0 Å². The summed E-state index contributed by atoms with van der Waals surface area (Å²) in [4.78, 5) is 21.2. The zero-order valence-corrected chi connectivity index (χ0v) is 15.1. The molecule has 3 aromatic rings. The second-order valence-corrected chi connectivity index (χ2v) is 7.44. The molecule has 25 heavy (non-hydrogen) atoms. The number of fused-ring (bicyclic) bond motifs is 1. The number of hydrogen-bond donors (Lipinski definition) is 1. The Hall–Kier alpha value is -2.31. The Morgan fingerprint density at radius 1 is 1.12 bits per heavy atom. The normalized spacial score (nSPS) is 14.9. The Morgan fingerprint density at radius 2 is 1.88 bits per heavy atom. The number of hydrogen-bond acceptors (Lipinski definition) is 5. The Bertz CT molecular complexity index is 901. The van der Waals surface area contributed by atoms with E-state index in [1.807, 2.05) is 41.3 Å². The van der Waals surface area contributed by atoms with Crippen LogP contribution in [0.15, 0.2) is 42.5 Å². The summed E-state index contributed by atoms with van der Waals surface area (Å²) in [5.74, 6) is -0.0000778. The third-order valence-corrected chi connectivity index (χ3v) is 5.64. The van der Waals surface area contributed by atoms with Gasteiger partial charge in [0.25, 0.3) is 5.91 Å². The molecule has 0 aliphatic carbocycles. The number of piperazine rings is 1. The van der Waals surface area contributed by atoms with Crippen molar-refractivity contribution in [1.82, 2.24) is 9.88 Å². The second-order valence-electron chi connectivity index (χ2n) is 5.97. The van der Waals surface area contributed by atoms with Crippen LogP contribution < -0.4 is 10.6 Å². The first-order valence-electron chi connectivity index (χ1n) is 8.06. The van der Waals surface area contributed by atoms with Crippen LogP contribution in [0.4, 0.5) is 11.4 Å². The van der Waals surface area contributed by atoms with Crippen LogP contribution in [-0.4, -0.2) is 42.0 Å². The molecular formula is C18H17ClN4OS. The number of para-hydroxylation sites is 1. The predicted octanol–water partition coefficient (Wildman–Crippen LogP) is 3.49. The molecule has 0 radical (unpaired) electrons. The standard InChI is InChI=1S/C18H17ClN4OS/c19-12-5-6-13(20)15(11-12)22-7-9-23(10-8-22)18(24)17-21-14-3-1-2-4-16(14)25-17/h1-6,11H,7-10,20H2. The largest absolute Gasteiger partial charge is 0.397 e. The number of halogens is 1. The maximum Gasteiger partial charge on any atom is 0.282 e. The lowest BCUT2D eigenvalue weighted by atomic mass is 10.2. The summed E-state index contributed by atoms with van der Waals surface area (Å²) < 4.78 is 1.04. The molecule has 0 saturated carbocycles. The van der Waals surface area contributed by atoms with Gasteiger partial charge in [0.15, 0.2) is 5.01 Å². The molecule has 1 saturated heterocycles. The van der Waals surface area contributed by atoms with Gasteiger partial charge in [0, 0.05) is 31.2 Å². The van der Waals surface area contributed by atoms with Gasteiger partial charge in [0.2, 0.25) is 0 Å². The first kappa shape index (κ1) is 16.2. The molecule has 2 heterocycles. The summed E-state index contributed by atoms with van der Waals surface area (Å²) in [6.07, 6.45) is 0. The van der Waals surface area contributed by atoms with Crippen LogP contribution >= 0.6 is 22.9 Å². The second kappa shape index (κ2) is 6.54. The molecule has 1 aromatic heterocycles. The van der Waals surface area contributed by atoms with Crippen LogP contribution in [0.25, 0.3) is 10.2 Å². The molecule has 5 nitrogen and oxygen atoms in total. The average Bonchev–Trinajstić information content (AvgIpc) is 3.07. The van der Waals surface area contributed by atoms with Crippen molar-refractivity contribution >= 4 is 50.4 Å². The van der Waals surface area contributed by atoms with Gasteiger partial charge in [0.05, 0.1) is 21.6 Å². The molecule has 0 spiro atoms. The number of carbonyl (C=O) groups is 1. The molecule has 2 N–H and O–H groups in total. The van der Waals surface area contributed by atoms with Crippen molar-refractivity contribution in [3.63, 3.8) is 0 Å². The molecule has 0 atom stereocenters.